The minimum Gasteiger partial charge on any atom is -0.475 e. The van der Waals surface area contributed by atoms with Crippen LogP contribution in [0.25, 0.3) is 11.3 Å². The maximum atomic E-state index is 14.1. The fraction of sp³-hybridized carbons (Fsp3) is 0.167. The first-order valence-electron chi connectivity index (χ1n) is 5.07. The molecule has 0 aliphatic carbocycles. The van der Waals surface area contributed by atoms with Crippen molar-refractivity contribution in [3.05, 3.63) is 39.3 Å². The molecule has 0 aliphatic rings. The summed E-state index contributed by atoms with van der Waals surface area (Å²) in [4.78, 5) is 10.7. The van der Waals surface area contributed by atoms with Crippen molar-refractivity contribution < 1.29 is 18.8 Å². The minimum absolute atomic E-state index is 0.173. The van der Waals surface area contributed by atoms with Crippen LogP contribution in [0, 0.1) is 19.7 Å². The van der Waals surface area contributed by atoms with Gasteiger partial charge in [-0.2, -0.15) is 0 Å². The van der Waals surface area contributed by atoms with Gasteiger partial charge in [-0.05, 0) is 47.0 Å². The highest BCUT2D eigenvalue weighted by Gasteiger charge is 2.19. The molecule has 0 spiro atoms. The molecule has 0 saturated carbocycles. The lowest BCUT2D eigenvalue weighted by atomic mass is 10.00. The molecule has 0 fully saturated rings. The molecule has 0 unspecified atom stereocenters. The van der Waals surface area contributed by atoms with Crippen LogP contribution in [0.5, 0.6) is 0 Å². The molecule has 1 aromatic carbocycles. The molecule has 0 amide bonds. The third-order valence-electron chi connectivity index (χ3n) is 2.72. The monoisotopic (exact) mass is 313 g/mol. The van der Waals surface area contributed by atoms with Gasteiger partial charge >= 0.3 is 5.97 Å². The van der Waals surface area contributed by atoms with Crippen LogP contribution >= 0.6 is 15.9 Å². The largest absolute Gasteiger partial charge is 0.475 e. The van der Waals surface area contributed by atoms with Gasteiger partial charge in [0.25, 0.3) is 0 Å². The highest BCUT2D eigenvalue weighted by molar-refractivity contribution is 9.10. The summed E-state index contributed by atoms with van der Waals surface area (Å²) in [5.74, 6) is -2.04. The van der Waals surface area contributed by atoms with Crippen LogP contribution in [0.2, 0.25) is 0 Å². The number of aryl methyl sites for hydroxylation is 1. The SMILES string of the molecule is Cc1cc(Br)c(F)c(-c2cc(C(=O)O)on2)c1C. The van der Waals surface area contributed by atoms with Crippen LogP contribution in [-0.2, 0) is 0 Å². The zero-order valence-electron chi connectivity index (χ0n) is 9.62. The van der Waals surface area contributed by atoms with Gasteiger partial charge in [0, 0.05) is 11.6 Å². The minimum atomic E-state index is -1.24. The zero-order chi connectivity index (χ0) is 13.4. The summed E-state index contributed by atoms with van der Waals surface area (Å²) in [5.41, 5.74) is 1.99. The van der Waals surface area contributed by atoms with Crippen molar-refractivity contribution in [2.24, 2.45) is 0 Å². The van der Waals surface area contributed by atoms with Gasteiger partial charge in [-0.1, -0.05) is 5.16 Å². The van der Waals surface area contributed by atoms with E-state index in [0.29, 0.717) is 10.0 Å². The van der Waals surface area contributed by atoms with E-state index in [2.05, 4.69) is 25.6 Å². The number of aromatic nitrogens is 1. The maximum absolute atomic E-state index is 14.1. The number of rotatable bonds is 2. The molecular formula is C12H9BrFNO3. The predicted octanol–water partition coefficient (Wildman–Crippen LogP) is 3.56. The van der Waals surface area contributed by atoms with Crippen molar-refractivity contribution in [1.29, 1.82) is 0 Å². The van der Waals surface area contributed by atoms with Gasteiger partial charge in [0.15, 0.2) is 0 Å². The number of hydrogen-bond acceptors (Lipinski definition) is 3. The van der Waals surface area contributed by atoms with Gasteiger partial charge < -0.3 is 9.63 Å². The van der Waals surface area contributed by atoms with Crippen LogP contribution in [-0.4, -0.2) is 16.2 Å². The van der Waals surface area contributed by atoms with Gasteiger partial charge in [0.1, 0.15) is 11.5 Å². The van der Waals surface area contributed by atoms with Gasteiger partial charge in [-0.15, -0.1) is 0 Å². The van der Waals surface area contributed by atoms with Crippen molar-refractivity contribution in [1.82, 2.24) is 5.16 Å². The third-order valence-corrected chi connectivity index (χ3v) is 3.29. The Bertz CT molecular complexity index is 610. The van der Waals surface area contributed by atoms with Crippen molar-refractivity contribution in [3.63, 3.8) is 0 Å². The van der Waals surface area contributed by atoms with Gasteiger partial charge in [-0.3, -0.25) is 0 Å². The first-order chi connectivity index (χ1) is 8.41. The maximum Gasteiger partial charge on any atom is 0.374 e. The first-order valence-corrected chi connectivity index (χ1v) is 5.86. The van der Waals surface area contributed by atoms with E-state index >= 15 is 0 Å². The number of carboxylic acid groups (broad SMARTS) is 1. The Morgan fingerprint density at radius 1 is 1.44 bits per heavy atom. The Balaban J connectivity index is 2.66. The second kappa shape index (κ2) is 4.53. The van der Waals surface area contributed by atoms with Crippen LogP contribution in [0.15, 0.2) is 21.1 Å². The van der Waals surface area contributed by atoms with Crippen molar-refractivity contribution in [2.75, 3.05) is 0 Å². The highest BCUT2D eigenvalue weighted by atomic mass is 79.9. The number of halogens is 2. The average molecular weight is 314 g/mol. The Labute approximate surface area is 111 Å². The molecule has 1 N–H and O–H groups in total. The van der Waals surface area contributed by atoms with Crippen LogP contribution in [0.3, 0.4) is 0 Å². The molecule has 0 bridgehead atoms. The number of benzene rings is 1. The Kier molecular flexibility index (Phi) is 3.21. The van der Waals surface area contributed by atoms with E-state index < -0.39 is 11.8 Å². The molecule has 0 atom stereocenters. The van der Waals surface area contributed by atoms with Crippen molar-refractivity contribution in [2.45, 2.75) is 13.8 Å². The molecule has 2 rings (SSSR count). The van der Waals surface area contributed by atoms with E-state index in [1.54, 1.807) is 13.0 Å². The van der Waals surface area contributed by atoms with E-state index in [0.717, 1.165) is 5.56 Å². The van der Waals surface area contributed by atoms with E-state index in [1.807, 2.05) is 6.92 Å². The smallest absolute Gasteiger partial charge is 0.374 e. The van der Waals surface area contributed by atoms with Gasteiger partial charge in [0.05, 0.1) is 4.47 Å². The van der Waals surface area contributed by atoms with E-state index in [1.165, 1.54) is 6.07 Å². The third kappa shape index (κ3) is 2.03. The summed E-state index contributed by atoms with van der Waals surface area (Å²) in [6, 6.07) is 2.87. The summed E-state index contributed by atoms with van der Waals surface area (Å²) in [7, 11) is 0. The topological polar surface area (TPSA) is 63.3 Å². The summed E-state index contributed by atoms with van der Waals surface area (Å²) in [5, 5.41) is 12.4. The normalized spacial score (nSPS) is 10.7. The van der Waals surface area contributed by atoms with Gasteiger partial charge in [-0.25, -0.2) is 9.18 Å². The summed E-state index contributed by atoms with van der Waals surface area (Å²) in [6.45, 7) is 3.58. The van der Waals surface area contributed by atoms with Crippen LogP contribution in [0.1, 0.15) is 21.7 Å². The molecule has 1 heterocycles. The van der Waals surface area contributed by atoms with Crippen LogP contribution < -0.4 is 0 Å². The Morgan fingerprint density at radius 3 is 2.67 bits per heavy atom. The molecule has 4 nitrogen and oxygen atoms in total. The molecule has 18 heavy (non-hydrogen) atoms. The molecule has 94 valence electrons. The fourth-order valence-electron chi connectivity index (χ4n) is 1.64. The zero-order valence-corrected chi connectivity index (χ0v) is 11.2. The average Bonchev–Trinajstić information content (AvgIpc) is 2.76. The molecule has 6 heteroatoms. The Morgan fingerprint density at radius 2 is 2.11 bits per heavy atom. The van der Waals surface area contributed by atoms with Gasteiger partial charge in [0.2, 0.25) is 5.76 Å². The molecule has 0 saturated heterocycles. The number of nitrogens with zero attached hydrogens (tertiary/aromatic N) is 1. The lowest BCUT2D eigenvalue weighted by molar-refractivity contribution is 0.0652. The standard InChI is InChI=1S/C12H9BrFNO3/c1-5-3-7(13)11(14)10(6(5)2)8-4-9(12(16)17)18-15-8/h3-4H,1-2H3,(H,16,17). The molecule has 1 aromatic heterocycles. The molecular weight excluding hydrogens is 305 g/mol. The quantitative estimate of drug-likeness (QED) is 0.920. The van der Waals surface area contributed by atoms with Crippen LogP contribution in [0.4, 0.5) is 4.39 Å². The fourth-order valence-corrected chi connectivity index (χ4v) is 2.18. The second-order valence-corrected chi connectivity index (χ2v) is 4.73. The summed E-state index contributed by atoms with van der Waals surface area (Å²) >= 11 is 3.11. The van der Waals surface area contributed by atoms with E-state index in [-0.39, 0.29) is 17.0 Å². The lowest BCUT2D eigenvalue weighted by Crippen LogP contribution is -1.94. The van der Waals surface area contributed by atoms with Crippen molar-refractivity contribution in [3.8, 4) is 11.3 Å². The van der Waals surface area contributed by atoms with E-state index in [9.17, 15) is 9.18 Å². The number of hydrogen-bond donors (Lipinski definition) is 1. The Hall–Kier alpha value is -1.69. The summed E-state index contributed by atoms with van der Waals surface area (Å²) < 4.78 is 19.0. The highest BCUT2D eigenvalue weighted by Crippen LogP contribution is 2.33. The molecule has 0 radical (unpaired) electrons. The number of carbonyl (C=O) groups is 1. The number of carboxylic acids is 1. The summed E-state index contributed by atoms with van der Waals surface area (Å²) in [6.07, 6.45) is 0. The number of aromatic carboxylic acids is 1. The first kappa shape index (κ1) is 12.8. The van der Waals surface area contributed by atoms with Crippen molar-refractivity contribution >= 4 is 21.9 Å². The second-order valence-electron chi connectivity index (χ2n) is 3.87. The predicted molar refractivity (Wildman–Crippen MR) is 66.0 cm³/mol. The molecule has 0 aliphatic heterocycles. The lowest BCUT2D eigenvalue weighted by Gasteiger charge is -2.09. The van der Waals surface area contributed by atoms with E-state index in [4.69, 9.17) is 5.11 Å². The molecule has 2 aromatic rings.